The molecular formula is C9H11ClN2O. The van der Waals surface area contributed by atoms with E-state index < -0.39 is 0 Å². The predicted octanol–water partition coefficient (Wildman–Crippen LogP) is 1.43. The highest BCUT2D eigenvalue weighted by molar-refractivity contribution is 6.32. The standard InChI is InChI=1S/C9H11ClN2O/c10-8-3-6(1-2-9(8)13)12-7-4-11-5-7/h1-3,7,11-13H,4-5H2. The molecule has 70 valence electrons. The van der Waals surface area contributed by atoms with Crippen LogP contribution < -0.4 is 10.6 Å². The topological polar surface area (TPSA) is 44.3 Å². The van der Waals surface area contributed by atoms with Gasteiger partial charge in [0.05, 0.1) is 11.1 Å². The number of hydrogen-bond acceptors (Lipinski definition) is 3. The second-order valence-corrected chi connectivity index (χ2v) is 3.57. The van der Waals surface area contributed by atoms with Gasteiger partial charge >= 0.3 is 0 Å². The van der Waals surface area contributed by atoms with E-state index in [1.807, 2.05) is 6.07 Å². The molecule has 0 atom stereocenters. The Labute approximate surface area is 81.7 Å². The first-order valence-corrected chi connectivity index (χ1v) is 4.59. The first kappa shape index (κ1) is 8.66. The highest BCUT2D eigenvalue weighted by atomic mass is 35.5. The summed E-state index contributed by atoms with van der Waals surface area (Å²) in [6.07, 6.45) is 0. The van der Waals surface area contributed by atoms with Gasteiger partial charge in [-0.05, 0) is 18.2 Å². The van der Waals surface area contributed by atoms with Crippen molar-refractivity contribution in [2.75, 3.05) is 18.4 Å². The number of phenolic OH excluding ortho intramolecular Hbond substituents is 1. The SMILES string of the molecule is Oc1ccc(NC2CNC2)cc1Cl. The summed E-state index contributed by atoms with van der Waals surface area (Å²) in [7, 11) is 0. The Balaban J connectivity index is 2.07. The third kappa shape index (κ3) is 1.87. The van der Waals surface area contributed by atoms with E-state index in [-0.39, 0.29) is 5.75 Å². The van der Waals surface area contributed by atoms with E-state index in [9.17, 15) is 5.11 Å². The molecule has 1 aromatic rings. The molecule has 1 aliphatic rings. The number of halogens is 1. The van der Waals surface area contributed by atoms with Gasteiger partial charge in [0.15, 0.2) is 0 Å². The molecule has 1 aliphatic heterocycles. The second-order valence-electron chi connectivity index (χ2n) is 3.17. The van der Waals surface area contributed by atoms with Crippen LogP contribution >= 0.6 is 11.6 Å². The van der Waals surface area contributed by atoms with Gasteiger partial charge in [-0.1, -0.05) is 11.6 Å². The Morgan fingerprint density at radius 1 is 1.46 bits per heavy atom. The van der Waals surface area contributed by atoms with Gasteiger partial charge in [0, 0.05) is 18.8 Å². The van der Waals surface area contributed by atoms with E-state index in [1.54, 1.807) is 12.1 Å². The zero-order chi connectivity index (χ0) is 9.26. The van der Waals surface area contributed by atoms with Gasteiger partial charge < -0.3 is 15.7 Å². The second kappa shape index (κ2) is 3.44. The van der Waals surface area contributed by atoms with Crippen molar-refractivity contribution in [3.63, 3.8) is 0 Å². The molecule has 0 radical (unpaired) electrons. The lowest BCUT2D eigenvalue weighted by Gasteiger charge is -2.29. The van der Waals surface area contributed by atoms with E-state index in [1.165, 1.54) is 0 Å². The number of benzene rings is 1. The highest BCUT2D eigenvalue weighted by Crippen LogP contribution is 2.26. The van der Waals surface area contributed by atoms with Crippen LogP contribution in [0.5, 0.6) is 5.75 Å². The smallest absolute Gasteiger partial charge is 0.134 e. The van der Waals surface area contributed by atoms with Crippen molar-refractivity contribution in [1.82, 2.24) is 5.32 Å². The molecule has 1 aromatic carbocycles. The minimum Gasteiger partial charge on any atom is -0.506 e. The molecule has 3 N–H and O–H groups in total. The monoisotopic (exact) mass is 198 g/mol. The summed E-state index contributed by atoms with van der Waals surface area (Å²) < 4.78 is 0. The van der Waals surface area contributed by atoms with E-state index in [4.69, 9.17) is 11.6 Å². The van der Waals surface area contributed by atoms with Crippen molar-refractivity contribution >= 4 is 17.3 Å². The van der Waals surface area contributed by atoms with Gasteiger partial charge in [-0.3, -0.25) is 0 Å². The van der Waals surface area contributed by atoms with Crippen molar-refractivity contribution in [1.29, 1.82) is 0 Å². The zero-order valence-electron chi connectivity index (χ0n) is 7.05. The van der Waals surface area contributed by atoms with Crippen LogP contribution in [0.2, 0.25) is 5.02 Å². The fourth-order valence-corrected chi connectivity index (χ4v) is 1.40. The van der Waals surface area contributed by atoms with E-state index >= 15 is 0 Å². The summed E-state index contributed by atoms with van der Waals surface area (Å²) >= 11 is 5.75. The molecule has 0 unspecified atom stereocenters. The number of phenols is 1. The Bertz CT molecular complexity index is 312. The zero-order valence-corrected chi connectivity index (χ0v) is 7.80. The van der Waals surface area contributed by atoms with E-state index in [0.29, 0.717) is 11.1 Å². The van der Waals surface area contributed by atoms with Gasteiger partial charge in [0.2, 0.25) is 0 Å². The number of aromatic hydroxyl groups is 1. The van der Waals surface area contributed by atoms with E-state index in [2.05, 4.69) is 10.6 Å². The maximum Gasteiger partial charge on any atom is 0.134 e. The molecule has 2 rings (SSSR count). The van der Waals surface area contributed by atoms with Gasteiger partial charge in [0.1, 0.15) is 5.75 Å². The average molecular weight is 199 g/mol. The molecule has 4 heteroatoms. The molecule has 1 heterocycles. The molecule has 3 nitrogen and oxygen atoms in total. The van der Waals surface area contributed by atoms with Crippen LogP contribution in [-0.4, -0.2) is 24.2 Å². The molecule has 0 saturated carbocycles. The number of nitrogens with one attached hydrogen (secondary N) is 2. The summed E-state index contributed by atoms with van der Waals surface area (Å²) in [5, 5.41) is 16.0. The third-order valence-corrected chi connectivity index (χ3v) is 2.40. The Kier molecular flexibility index (Phi) is 2.29. The van der Waals surface area contributed by atoms with Crippen molar-refractivity contribution in [3.05, 3.63) is 23.2 Å². The molecule has 1 saturated heterocycles. The van der Waals surface area contributed by atoms with Crippen LogP contribution in [0.3, 0.4) is 0 Å². The highest BCUT2D eigenvalue weighted by Gasteiger charge is 2.15. The number of anilines is 1. The molecule has 0 aliphatic carbocycles. The summed E-state index contributed by atoms with van der Waals surface area (Å²) in [4.78, 5) is 0. The van der Waals surface area contributed by atoms with Crippen LogP contribution in [0.4, 0.5) is 5.69 Å². The van der Waals surface area contributed by atoms with Crippen LogP contribution in [0, 0.1) is 0 Å². The third-order valence-electron chi connectivity index (χ3n) is 2.10. The largest absolute Gasteiger partial charge is 0.506 e. The molecule has 1 fully saturated rings. The Hall–Kier alpha value is -0.930. The molecule has 13 heavy (non-hydrogen) atoms. The first-order chi connectivity index (χ1) is 6.25. The van der Waals surface area contributed by atoms with Crippen molar-refractivity contribution in [3.8, 4) is 5.75 Å². The minimum atomic E-state index is 0.124. The summed E-state index contributed by atoms with van der Waals surface area (Å²) in [6.45, 7) is 1.97. The average Bonchev–Trinajstić information content (AvgIpc) is 2.04. The number of rotatable bonds is 2. The minimum absolute atomic E-state index is 0.124. The van der Waals surface area contributed by atoms with Gasteiger partial charge in [-0.25, -0.2) is 0 Å². The normalized spacial score (nSPS) is 16.7. The summed E-state index contributed by atoms with van der Waals surface area (Å²) in [5.41, 5.74) is 0.953. The summed E-state index contributed by atoms with van der Waals surface area (Å²) in [6, 6.07) is 5.63. The molecule has 0 aromatic heterocycles. The summed E-state index contributed by atoms with van der Waals surface area (Å²) in [5.74, 6) is 0.124. The molecule has 0 spiro atoms. The van der Waals surface area contributed by atoms with Crippen molar-refractivity contribution < 1.29 is 5.11 Å². The Morgan fingerprint density at radius 2 is 2.23 bits per heavy atom. The predicted molar refractivity (Wildman–Crippen MR) is 53.4 cm³/mol. The fourth-order valence-electron chi connectivity index (χ4n) is 1.22. The van der Waals surface area contributed by atoms with Crippen LogP contribution in [0.1, 0.15) is 0 Å². The molecular weight excluding hydrogens is 188 g/mol. The lowest BCUT2D eigenvalue weighted by atomic mass is 10.1. The first-order valence-electron chi connectivity index (χ1n) is 4.21. The lowest BCUT2D eigenvalue weighted by molar-refractivity contribution is 0.470. The van der Waals surface area contributed by atoms with Crippen molar-refractivity contribution in [2.24, 2.45) is 0 Å². The van der Waals surface area contributed by atoms with Crippen LogP contribution in [0.25, 0.3) is 0 Å². The maximum absolute atomic E-state index is 9.18. The Morgan fingerprint density at radius 3 is 2.77 bits per heavy atom. The van der Waals surface area contributed by atoms with Crippen LogP contribution in [-0.2, 0) is 0 Å². The van der Waals surface area contributed by atoms with Gasteiger partial charge in [0.25, 0.3) is 0 Å². The fraction of sp³-hybridized carbons (Fsp3) is 0.333. The number of hydrogen-bond donors (Lipinski definition) is 3. The molecule has 0 bridgehead atoms. The van der Waals surface area contributed by atoms with Crippen molar-refractivity contribution in [2.45, 2.75) is 6.04 Å². The van der Waals surface area contributed by atoms with Gasteiger partial charge in [-0.15, -0.1) is 0 Å². The lowest BCUT2D eigenvalue weighted by Crippen LogP contribution is -2.51. The molecule has 0 amide bonds. The maximum atomic E-state index is 9.18. The van der Waals surface area contributed by atoms with Crippen LogP contribution in [0.15, 0.2) is 18.2 Å². The van der Waals surface area contributed by atoms with Gasteiger partial charge in [-0.2, -0.15) is 0 Å². The quantitative estimate of drug-likeness (QED) is 0.630. The van der Waals surface area contributed by atoms with E-state index in [0.717, 1.165) is 18.8 Å².